The van der Waals surface area contributed by atoms with Gasteiger partial charge in [-0.1, -0.05) is 55.4 Å². The van der Waals surface area contributed by atoms with Crippen molar-refractivity contribution >= 4 is 0 Å². The molecule has 24 heavy (non-hydrogen) atoms. The highest BCUT2D eigenvalue weighted by molar-refractivity contribution is 5.05. The van der Waals surface area contributed by atoms with E-state index in [0.29, 0.717) is 16.2 Å². The minimum atomic E-state index is 0.484. The second kappa shape index (κ2) is 6.02. The fourth-order valence-electron chi connectivity index (χ4n) is 7.90. The van der Waals surface area contributed by atoms with Crippen molar-refractivity contribution in [2.75, 3.05) is 0 Å². The van der Waals surface area contributed by atoms with Crippen LogP contribution in [0.1, 0.15) is 100 Å². The summed E-state index contributed by atoms with van der Waals surface area (Å²) in [7, 11) is 0. The summed E-state index contributed by atoms with van der Waals surface area (Å²) in [6, 6.07) is 0. The molecule has 0 heterocycles. The fourth-order valence-corrected chi connectivity index (χ4v) is 7.90. The Morgan fingerprint density at radius 1 is 0.958 bits per heavy atom. The van der Waals surface area contributed by atoms with Gasteiger partial charge < -0.3 is 0 Å². The molecule has 7 atom stereocenters. The third-order valence-electron chi connectivity index (χ3n) is 9.47. The SMILES string of the molecule is CC(C)CC1C2CC(C)C3(C)CCC(CC(C)(C2)CC3(C)C)C1C. The molecule has 3 fully saturated rings. The number of hydrogen-bond donors (Lipinski definition) is 0. The van der Waals surface area contributed by atoms with Crippen molar-refractivity contribution in [3.8, 4) is 0 Å². The first kappa shape index (κ1) is 18.8. The van der Waals surface area contributed by atoms with Gasteiger partial charge in [0.15, 0.2) is 0 Å². The molecule has 140 valence electrons. The van der Waals surface area contributed by atoms with Gasteiger partial charge in [-0.2, -0.15) is 0 Å². The highest BCUT2D eigenvalue weighted by atomic mass is 14.6. The van der Waals surface area contributed by atoms with Crippen LogP contribution in [-0.2, 0) is 0 Å². The van der Waals surface area contributed by atoms with Crippen molar-refractivity contribution in [1.82, 2.24) is 0 Å². The minimum absolute atomic E-state index is 0.484. The zero-order chi connectivity index (χ0) is 17.9. The van der Waals surface area contributed by atoms with Crippen molar-refractivity contribution < 1.29 is 0 Å². The topological polar surface area (TPSA) is 0 Å². The van der Waals surface area contributed by atoms with Gasteiger partial charge in [0, 0.05) is 0 Å². The molecule has 0 aliphatic heterocycles. The van der Waals surface area contributed by atoms with Crippen LogP contribution in [0, 0.1) is 51.8 Å². The highest BCUT2D eigenvalue weighted by Crippen LogP contribution is 2.65. The molecule has 4 bridgehead atoms. The van der Waals surface area contributed by atoms with Gasteiger partial charge in [0.1, 0.15) is 0 Å². The Labute approximate surface area is 152 Å². The van der Waals surface area contributed by atoms with Crippen molar-refractivity contribution in [2.45, 2.75) is 100 Å². The average Bonchev–Trinajstić information content (AvgIpc) is 2.51. The Kier molecular flexibility index (Phi) is 4.71. The maximum Gasteiger partial charge on any atom is -0.0248 e. The molecular formula is C24H44. The summed E-state index contributed by atoms with van der Waals surface area (Å²) in [5, 5.41) is 0. The van der Waals surface area contributed by atoms with Gasteiger partial charge in [-0.25, -0.2) is 0 Å². The van der Waals surface area contributed by atoms with Crippen LogP contribution in [0.3, 0.4) is 0 Å². The molecule has 3 saturated carbocycles. The van der Waals surface area contributed by atoms with Crippen LogP contribution in [0.4, 0.5) is 0 Å². The van der Waals surface area contributed by atoms with E-state index < -0.39 is 0 Å². The van der Waals surface area contributed by atoms with E-state index in [1.54, 1.807) is 0 Å². The summed E-state index contributed by atoms with van der Waals surface area (Å²) < 4.78 is 0. The van der Waals surface area contributed by atoms with Gasteiger partial charge in [0.2, 0.25) is 0 Å². The minimum Gasteiger partial charge on any atom is -0.0628 e. The van der Waals surface area contributed by atoms with Gasteiger partial charge in [0.05, 0.1) is 0 Å². The lowest BCUT2D eigenvalue weighted by molar-refractivity contribution is -0.0708. The van der Waals surface area contributed by atoms with E-state index in [1.165, 1.54) is 44.9 Å². The summed E-state index contributed by atoms with van der Waals surface area (Å²) >= 11 is 0. The van der Waals surface area contributed by atoms with Crippen molar-refractivity contribution in [2.24, 2.45) is 51.8 Å². The second-order valence-corrected chi connectivity index (χ2v) is 12.0. The van der Waals surface area contributed by atoms with E-state index in [-0.39, 0.29) is 0 Å². The molecule has 0 nitrogen and oxygen atoms in total. The standard InChI is InChI=1S/C24H44/c1-16(2)11-21-18(4)19-9-10-24(8)17(3)12-20(21)14-23(7,13-19)15-22(24,5)6/h16-21H,9-15H2,1-8H3. The summed E-state index contributed by atoms with van der Waals surface area (Å²) in [4.78, 5) is 0. The van der Waals surface area contributed by atoms with E-state index in [0.717, 1.165) is 35.5 Å². The molecule has 0 spiro atoms. The molecule has 3 aliphatic carbocycles. The molecule has 3 rings (SSSR count). The largest absolute Gasteiger partial charge is 0.0628 e. The first-order chi connectivity index (χ1) is 11.0. The Morgan fingerprint density at radius 2 is 1.58 bits per heavy atom. The quantitative estimate of drug-likeness (QED) is 0.489. The van der Waals surface area contributed by atoms with Crippen molar-refractivity contribution in [1.29, 1.82) is 0 Å². The third-order valence-corrected chi connectivity index (χ3v) is 9.47. The lowest BCUT2D eigenvalue weighted by Crippen LogP contribution is -2.48. The van der Waals surface area contributed by atoms with Crippen LogP contribution in [0.25, 0.3) is 0 Å². The van der Waals surface area contributed by atoms with E-state index in [4.69, 9.17) is 0 Å². The molecule has 3 aliphatic rings. The molecule has 0 aromatic rings. The highest BCUT2D eigenvalue weighted by Gasteiger charge is 2.55. The Balaban J connectivity index is 2.07. The molecule has 0 radical (unpaired) electrons. The molecular weight excluding hydrogens is 288 g/mol. The monoisotopic (exact) mass is 332 g/mol. The average molecular weight is 333 g/mol. The molecule has 0 heteroatoms. The summed E-state index contributed by atoms with van der Waals surface area (Å²) in [5.41, 5.74) is 1.59. The second-order valence-electron chi connectivity index (χ2n) is 12.0. The Morgan fingerprint density at radius 3 is 2.21 bits per heavy atom. The molecule has 0 amide bonds. The summed E-state index contributed by atoms with van der Waals surface area (Å²) in [5.74, 6) is 5.59. The van der Waals surface area contributed by atoms with Crippen LogP contribution in [-0.4, -0.2) is 0 Å². The van der Waals surface area contributed by atoms with Gasteiger partial charge in [-0.15, -0.1) is 0 Å². The summed E-state index contributed by atoms with van der Waals surface area (Å²) in [6.07, 6.45) is 10.4. The maximum absolute atomic E-state index is 2.67. The van der Waals surface area contributed by atoms with Crippen molar-refractivity contribution in [3.05, 3.63) is 0 Å². The normalized spacial score (nSPS) is 51.1. The van der Waals surface area contributed by atoms with E-state index in [2.05, 4.69) is 55.4 Å². The predicted molar refractivity (Wildman–Crippen MR) is 106 cm³/mol. The van der Waals surface area contributed by atoms with Crippen LogP contribution < -0.4 is 0 Å². The molecule has 0 aromatic heterocycles. The third kappa shape index (κ3) is 2.99. The van der Waals surface area contributed by atoms with Crippen LogP contribution in [0.15, 0.2) is 0 Å². The maximum atomic E-state index is 2.67. The molecule has 7 unspecified atom stereocenters. The van der Waals surface area contributed by atoms with E-state index in [1.807, 2.05) is 0 Å². The first-order valence-corrected chi connectivity index (χ1v) is 11.0. The van der Waals surface area contributed by atoms with E-state index >= 15 is 0 Å². The van der Waals surface area contributed by atoms with Gasteiger partial charge in [-0.3, -0.25) is 0 Å². The Bertz CT molecular complexity index is 461. The van der Waals surface area contributed by atoms with Crippen LogP contribution >= 0.6 is 0 Å². The van der Waals surface area contributed by atoms with Crippen LogP contribution in [0.2, 0.25) is 0 Å². The zero-order valence-corrected chi connectivity index (χ0v) is 17.9. The van der Waals surface area contributed by atoms with Gasteiger partial charge in [-0.05, 0) is 96.7 Å². The zero-order valence-electron chi connectivity index (χ0n) is 17.9. The summed E-state index contributed by atoms with van der Waals surface area (Å²) in [6.45, 7) is 20.7. The first-order valence-electron chi connectivity index (χ1n) is 11.0. The Hall–Kier alpha value is 0. The van der Waals surface area contributed by atoms with Gasteiger partial charge in [0.25, 0.3) is 0 Å². The van der Waals surface area contributed by atoms with Crippen LogP contribution in [0.5, 0.6) is 0 Å². The predicted octanol–water partition coefficient (Wildman–Crippen LogP) is 7.57. The number of rotatable bonds is 2. The number of hydrogen-bond acceptors (Lipinski definition) is 0. The fraction of sp³-hybridized carbons (Fsp3) is 1.00. The smallest absolute Gasteiger partial charge is 0.0248 e. The van der Waals surface area contributed by atoms with Crippen molar-refractivity contribution in [3.63, 3.8) is 0 Å². The molecule has 0 N–H and O–H groups in total. The van der Waals surface area contributed by atoms with E-state index in [9.17, 15) is 0 Å². The lowest BCUT2D eigenvalue weighted by atomic mass is 9.48. The molecule has 0 aromatic carbocycles. The van der Waals surface area contributed by atoms with Gasteiger partial charge >= 0.3 is 0 Å². The lowest BCUT2D eigenvalue weighted by Gasteiger charge is -2.57. The number of fused-ring (bicyclic) bond motifs is 4. The molecule has 0 saturated heterocycles.